The lowest BCUT2D eigenvalue weighted by Crippen LogP contribution is -2.18. The molecule has 1 aliphatic rings. The molecule has 2 atom stereocenters. The van der Waals surface area contributed by atoms with Crippen molar-refractivity contribution in [2.75, 3.05) is 17.7 Å². The van der Waals surface area contributed by atoms with Gasteiger partial charge in [0.2, 0.25) is 5.95 Å². The molecule has 3 aromatic heterocycles. The van der Waals surface area contributed by atoms with Crippen molar-refractivity contribution >= 4 is 34.3 Å². The molecule has 0 amide bonds. The number of nitrogens with zero attached hydrogens (tertiary/aromatic N) is 3. The second-order valence-electron chi connectivity index (χ2n) is 6.32. The number of aliphatic hydroxyl groups excluding tert-OH is 1. The zero-order valence-corrected chi connectivity index (χ0v) is 14.2. The third kappa shape index (κ3) is 3.12. The zero-order valence-electron chi connectivity index (χ0n) is 13.4. The molecule has 0 aromatic carbocycles. The Bertz CT molecular complexity index is 880. The van der Waals surface area contributed by atoms with Crippen LogP contribution in [0.2, 0.25) is 5.15 Å². The molecular formula is C17H18ClN5O2. The first-order valence-corrected chi connectivity index (χ1v) is 8.56. The van der Waals surface area contributed by atoms with Crippen LogP contribution in [0.5, 0.6) is 0 Å². The van der Waals surface area contributed by atoms with Crippen LogP contribution in [-0.2, 0) is 0 Å². The fourth-order valence-electron chi connectivity index (χ4n) is 3.35. The summed E-state index contributed by atoms with van der Waals surface area (Å²) in [6, 6.07) is 3.95. The lowest BCUT2D eigenvalue weighted by atomic mass is 10.1. The number of nitrogen functional groups attached to an aromatic ring is 1. The predicted molar refractivity (Wildman–Crippen MR) is 96.3 cm³/mol. The Morgan fingerprint density at radius 3 is 3.00 bits per heavy atom. The van der Waals surface area contributed by atoms with E-state index in [4.69, 9.17) is 21.8 Å². The quantitative estimate of drug-likeness (QED) is 0.614. The van der Waals surface area contributed by atoms with Crippen molar-refractivity contribution in [1.29, 1.82) is 0 Å². The average Bonchev–Trinajstić information content (AvgIpc) is 3.20. The minimum atomic E-state index is 0.103. The molecule has 25 heavy (non-hydrogen) atoms. The van der Waals surface area contributed by atoms with Crippen LogP contribution < -0.4 is 11.1 Å². The van der Waals surface area contributed by atoms with Gasteiger partial charge in [0.1, 0.15) is 16.7 Å². The number of fused-ring (bicyclic) bond motifs is 1. The van der Waals surface area contributed by atoms with E-state index in [1.807, 2.05) is 12.1 Å². The van der Waals surface area contributed by atoms with E-state index in [9.17, 15) is 5.11 Å². The lowest BCUT2D eigenvalue weighted by molar-refractivity contribution is 0.229. The molecule has 3 heterocycles. The fraction of sp³-hybridized carbons (Fsp3) is 0.353. The van der Waals surface area contributed by atoms with E-state index in [-0.39, 0.29) is 23.8 Å². The maximum Gasteiger partial charge on any atom is 0.223 e. The number of hydrogen-bond acceptors (Lipinski definition) is 7. The lowest BCUT2D eigenvalue weighted by Gasteiger charge is -2.16. The van der Waals surface area contributed by atoms with Gasteiger partial charge in [0.25, 0.3) is 0 Å². The molecule has 3 aromatic rings. The van der Waals surface area contributed by atoms with Gasteiger partial charge in [-0.05, 0) is 37.3 Å². The number of aromatic nitrogens is 3. The van der Waals surface area contributed by atoms with Gasteiger partial charge < -0.3 is 20.6 Å². The summed E-state index contributed by atoms with van der Waals surface area (Å²) in [4.78, 5) is 12.5. The van der Waals surface area contributed by atoms with Crippen molar-refractivity contribution in [2.24, 2.45) is 5.92 Å². The summed E-state index contributed by atoms with van der Waals surface area (Å²) in [5.41, 5.74) is 7.03. The van der Waals surface area contributed by atoms with E-state index >= 15 is 0 Å². The average molecular weight is 360 g/mol. The summed E-state index contributed by atoms with van der Waals surface area (Å²) >= 11 is 6.35. The highest BCUT2D eigenvalue weighted by atomic mass is 35.5. The monoisotopic (exact) mass is 359 g/mol. The molecule has 0 spiro atoms. The predicted octanol–water partition coefficient (Wildman–Crippen LogP) is 3.09. The Hall–Kier alpha value is -2.38. The molecule has 7 nitrogen and oxygen atoms in total. The van der Waals surface area contributed by atoms with Crippen LogP contribution in [0, 0.1) is 5.92 Å². The molecular weight excluding hydrogens is 342 g/mol. The summed E-state index contributed by atoms with van der Waals surface area (Å²) in [6.45, 7) is 0.203. The van der Waals surface area contributed by atoms with Crippen LogP contribution in [-0.4, -0.2) is 32.7 Å². The molecule has 0 radical (unpaired) electrons. The maximum atomic E-state index is 9.34. The SMILES string of the molecule is Nc1nc(Cl)c(-c2cc3ccncc3o2)c(NC2CCC(CO)C2)n1. The maximum absolute atomic E-state index is 9.34. The number of rotatable bonds is 4. The number of hydrogen-bond donors (Lipinski definition) is 3. The number of furan rings is 1. The molecule has 4 N–H and O–H groups in total. The largest absolute Gasteiger partial charge is 0.454 e. The molecule has 0 saturated heterocycles. The van der Waals surface area contributed by atoms with Crippen LogP contribution in [0.3, 0.4) is 0 Å². The minimum Gasteiger partial charge on any atom is -0.454 e. The van der Waals surface area contributed by atoms with Gasteiger partial charge in [-0.2, -0.15) is 4.98 Å². The van der Waals surface area contributed by atoms with Gasteiger partial charge in [-0.3, -0.25) is 4.98 Å². The van der Waals surface area contributed by atoms with Gasteiger partial charge in [0.15, 0.2) is 5.58 Å². The van der Waals surface area contributed by atoms with Gasteiger partial charge >= 0.3 is 0 Å². The Balaban J connectivity index is 1.73. The van der Waals surface area contributed by atoms with Crippen LogP contribution in [0.4, 0.5) is 11.8 Å². The highest BCUT2D eigenvalue weighted by Crippen LogP contribution is 2.38. The van der Waals surface area contributed by atoms with Crippen molar-refractivity contribution in [3.05, 3.63) is 29.7 Å². The molecule has 1 aliphatic carbocycles. The van der Waals surface area contributed by atoms with E-state index in [2.05, 4.69) is 20.3 Å². The molecule has 8 heteroatoms. The second-order valence-corrected chi connectivity index (χ2v) is 6.68. The number of aliphatic hydroxyl groups is 1. The first-order chi connectivity index (χ1) is 12.1. The van der Waals surface area contributed by atoms with Crippen molar-refractivity contribution in [2.45, 2.75) is 25.3 Å². The Kier molecular flexibility index (Phi) is 4.19. The molecule has 0 aliphatic heterocycles. The fourth-order valence-corrected chi connectivity index (χ4v) is 3.61. The van der Waals surface area contributed by atoms with Crippen molar-refractivity contribution < 1.29 is 9.52 Å². The zero-order chi connectivity index (χ0) is 17.4. The van der Waals surface area contributed by atoms with Crippen LogP contribution in [0.1, 0.15) is 19.3 Å². The highest BCUT2D eigenvalue weighted by Gasteiger charge is 2.26. The van der Waals surface area contributed by atoms with Gasteiger partial charge in [0, 0.05) is 24.2 Å². The van der Waals surface area contributed by atoms with Crippen molar-refractivity contribution in [3.63, 3.8) is 0 Å². The molecule has 130 valence electrons. The summed E-state index contributed by atoms with van der Waals surface area (Å²) in [7, 11) is 0. The standard InChI is InChI=1S/C17H18ClN5O2/c18-15-14(12-6-10-3-4-20-7-13(10)25-12)16(23-17(19)22-15)21-11-2-1-9(5-11)8-24/h3-4,6-7,9,11,24H,1-2,5,8H2,(H3,19,21,22,23). The molecule has 4 rings (SSSR count). The smallest absolute Gasteiger partial charge is 0.223 e. The molecule has 0 bridgehead atoms. The minimum absolute atomic E-state index is 0.103. The van der Waals surface area contributed by atoms with Gasteiger partial charge in [-0.15, -0.1) is 0 Å². The third-order valence-corrected chi connectivity index (χ3v) is 4.87. The van der Waals surface area contributed by atoms with E-state index in [0.29, 0.717) is 28.6 Å². The van der Waals surface area contributed by atoms with E-state index in [0.717, 1.165) is 24.6 Å². The number of pyridine rings is 1. The van der Waals surface area contributed by atoms with E-state index < -0.39 is 0 Å². The normalized spacial score (nSPS) is 20.2. The molecule has 2 unspecified atom stereocenters. The second kappa shape index (κ2) is 6.50. The number of anilines is 2. The van der Waals surface area contributed by atoms with Crippen LogP contribution in [0.25, 0.3) is 22.3 Å². The molecule has 1 saturated carbocycles. The Labute approximate surface area is 149 Å². The summed E-state index contributed by atoms with van der Waals surface area (Å²) in [5, 5.41) is 13.9. The summed E-state index contributed by atoms with van der Waals surface area (Å²) < 4.78 is 5.87. The number of nitrogens with one attached hydrogen (secondary N) is 1. The van der Waals surface area contributed by atoms with E-state index in [1.54, 1.807) is 12.4 Å². The van der Waals surface area contributed by atoms with E-state index in [1.165, 1.54) is 0 Å². The van der Waals surface area contributed by atoms with Gasteiger partial charge in [0.05, 0.1) is 11.8 Å². The third-order valence-electron chi connectivity index (χ3n) is 4.59. The summed E-state index contributed by atoms with van der Waals surface area (Å²) in [6.07, 6.45) is 6.17. The van der Waals surface area contributed by atoms with Crippen LogP contribution in [0.15, 0.2) is 28.9 Å². The number of nitrogens with two attached hydrogens (primary N) is 1. The van der Waals surface area contributed by atoms with Crippen LogP contribution >= 0.6 is 11.6 Å². The molecule has 1 fully saturated rings. The van der Waals surface area contributed by atoms with Crippen molar-refractivity contribution in [3.8, 4) is 11.3 Å². The van der Waals surface area contributed by atoms with Crippen molar-refractivity contribution in [1.82, 2.24) is 15.0 Å². The number of halogens is 1. The Morgan fingerprint density at radius 1 is 1.36 bits per heavy atom. The highest BCUT2D eigenvalue weighted by molar-refractivity contribution is 6.32. The first kappa shape index (κ1) is 16.1. The topological polar surface area (TPSA) is 110 Å². The van der Waals surface area contributed by atoms with Gasteiger partial charge in [-0.1, -0.05) is 11.6 Å². The Morgan fingerprint density at radius 2 is 2.24 bits per heavy atom. The first-order valence-electron chi connectivity index (χ1n) is 8.18. The summed E-state index contributed by atoms with van der Waals surface area (Å²) in [5.74, 6) is 1.53. The van der Waals surface area contributed by atoms with Gasteiger partial charge in [-0.25, -0.2) is 4.98 Å².